The molecule has 5 aliphatic rings. The lowest BCUT2D eigenvalue weighted by Gasteiger charge is -2.44. The van der Waals surface area contributed by atoms with Crippen molar-refractivity contribution in [3.8, 4) is 0 Å². The van der Waals surface area contributed by atoms with Crippen LogP contribution in [-0.2, 0) is 0 Å². The van der Waals surface area contributed by atoms with Gasteiger partial charge in [0.25, 0.3) is 0 Å². The molecule has 2 bridgehead atoms. The standard InChI is InChI=1S/C11H12N2O2/c14-12-10-6-2-1-3-5-4(2)8(10)9(5)11(13-15)7(3)6/h2-9,14-15H,1H2/b12-10-,13-11-/t2-,3-,4-,5+,6-,7+,8+,9-/m1/s1. The van der Waals surface area contributed by atoms with Gasteiger partial charge in [-0.1, -0.05) is 10.3 Å². The van der Waals surface area contributed by atoms with Crippen molar-refractivity contribution in [3.05, 3.63) is 0 Å². The first-order valence-electron chi connectivity index (χ1n) is 5.82. The van der Waals surface area contributed by atoms with Gasteiger partial charge in [0, 0.05) is 23.7 Å². The van der Waals surface area contributed by atoms with Crippen LogP contribution in [0.5, 0.6) is 0 Å². The Kier molecular flexibility index (Phi) is 0.874. The van der Waals surface area contributed by atoms with Crippen molar-refractivity contribution < 1.29 is 10.4 Å². The fraction of sp³-hybridized carbons (Fsp3) is 0.818. The zero-order valence-corrected chi connectivity index (χ0v) is 8.11. The third-order valence-corrected chi connectivity index (χ3v) is 6.10. The van der Waals surface area contributed by atoms with Crippen LogP contribution in [0.2, 0.25) is 0 Å². The number of rotatable bonds is 0. The summed E-state index contributed by atoms with van der Waals surface area (Å²) in [4.78, 5) is 0. The lowest BCUT2D eigenvalue weighted by Crippen LogP contribution is -2.48. The summed E-state index contributed by atoms with van der Waals surface area (Å²) < 4.78 is 0. The molecule has 0 radical (unpaired) electrons. The molecule has 0 aromatic heterocycles. The maximum Gasteiger partial charge on any atom is 0.0651 e. The van der Waals surface area contributed by atoms with Gasteiger partial charge in [0.15, 0.2) is 0 Å². The second-order valence-electron chi connectivity index (χ2n) is 5.87. The topological polar surface area (TPSA) is 65.2 Å². The molecule has 0 saturated heterocycles. The highest BCUT2D eigenvalue weighted by Crippen LogP contribution is 2.80. The molecule has 8 atom stereocenters. The minimum atomic E-state index is 0.427. The second kappa shape index (κ2) is 1.81. The molecule has 5 aliphatic carbocycles. The summed E-state index contributed by atoms with van der Waals surface area (Å²) in [6.07, 6.45) is 1.29. The third-order valence-electron chi connectivity index (χ3n) is 6.10. The molecule has 4 nitrogen and oxygen atoms in total. The number of nitrogens with zero attached hydrogens (tertiary/aromatic N) is 2. The Morgan fingerprint density at radius 2 is 1.27 bits per heavy atom. The lowest BCUT2D eigenvalue weighted by atomic mass is 9.59. The van der Waals surface area contributed by atoms with Gasteiger partial charge in [0.2, 0.25) is 0 Å². The lowest BCUT2D eigenvalue weighted by molar-refractivity contribution is 0.0644. The summed E-state index contributed by atoms with van der Waals surface area (Å²) in [6, 6.07) is 0. The van der Waals surface area contributed by atoms with Gasteiger partial charge in [-0.3, -0.25) is 0 Å². The first-order valence-corrected chi connectivity index (χ1v) is 5.82. The molecule has 0 aromatic carbocycles. The second-order valence-corrected chi connectivity index (χ2v) is 5.87. The first-order chi connectivity index (χ1) is 7.38. The SMILES string of the molecule is O/N=C1/[C@@H]2[C@@H]3C[C@H]4[C@@H]2/C(=N/O)[C@H]2[C@@H]1[C@H]3[C@H]42. The van der Waals surface area contributed by atoms with Crippen molar-refractivity contribution in [2.24, 2.45) is 57.7 Å². The van der Waals surface area contributed by atoms with Crippen LogP contribution in [0.4, 0.5) is 0 Å². The Balaban J connectivity index is 1.83. The van der Waals surface area contributed by atoms with Crippen LogP contribution in [0, 0.1) is 47.3 Å². The van der Waals surface area contributed by atoms with Crippen molar-refractivity contribution in [3.63, 3.8) is 0 Å². The molecule has 0 amide bonds. The molecule has 5 saturated carbocycles. The minimum Gasteiger partial charge on any atom is -0.411 e. The molecule has 0 aromatic rings. The molecule has 0 heterocycles. The van der Waals surface area contributed by atoms with E-state index < -0.39 is 0 Å². The molecule has 4 heteroatoms. The van der Waals surface area contributed by atoms with Gasteiger partial charge in [0.05, 0.1) is 11.4 Å². The molecule has 0 spiro atoms. The maximum atomic E-state index is 9.13. The van der Waals surface area contributed by atoms with E-state index in [4.69, 9.17) is 10.4 Å². The van der Waals surface area contributed by atoms with Crippen molar-refractivity contribution in [2.45, 2.75) is 6.42 Å². The van der Waals surface area contributed by atoms with E-state index in [1.807, 2.05) is 0 Å². The van der Waals surface area contributed by atoms with Gasteiger partial charge in [-0.15, -0.1) is 0 Å². The van der Waals surface area contributed by atoms with E-state index in [9.17, 15) is 0 Å². The van der Waals surface area contributed by atoms with Crippen LogP contribution in [0.25, 0.3) is 0 Å². The highest BCUT2D eigenvalue weighted by molar-refractivity contribution is 6.10. The summed E-state index contributed by atoms with van der Waals surface area (Å²) >= 11 is 0. The average molecular weight is 204 g/mol. The van der Waals surface area contributed by atoms with E-state index in [2.05, 4.69) is 10.3 Å². The molecular formula is C11H12N2O2. The zero-order chi connectivity index (χ0) is 9.89. The molecule has 5 fully saturated rings. The van der Waals surface area contributed by atoms with Gasteiger partial charge in [-0.05, 0) is 30.1 Å². The Bertz CT molecular complexity index is 400. The third kappa shape index (κ3) is 0.446. The van der Waals surface area contributed by atoms with E-state index in [1.54, 1.807) is 0 Å². The van der Waals surface area contributed by atoms with E-state index in [0.29, 0.717) is 23.7 Å². The normalized spacial score (nSPS) is 71.2. The predicted octanol–water partition coefficient (Wildman–Crippen LogP) is 1.03. The quantitative estimate of drug-likeness (QED) is 0.457. The number of hydrogen-bond acceptors (Lipinski definition) is 4. The van der Waals surface area contributed by atoms with Crippen LogP contribution < -0.4 is 0 Å². The Morgan fingerprint density at radius 3 is 1.67 bits per heavy atom. The van der Waals surface area contributed by atoms with Gasteiger partial charge in [0.1, 0.15) is 0 Å². The van der Waals surface area contributed by atoms with Gasteiger partial charge >= 0.3 is 0 Å². The predicted molar refractivity (Wildman–Crippen MR) is 51.0 cm³/mol. The molecule has 2 N–H and O–H groups in total. The van der Waals surface area contributed by atoms with Crippen LogP contribution in [0.15, 0.2) is 10.3 Å². The van der Waals surface area contributed by atoms with Gasteiger partial charge in [-0.2, -0.15) is 0 Å². The van der Waals surface area contributed by atoms with Crippen LogP contribution in [0.3, 0.4) is 0 Å². The van der Waals surface area contributed by atoms with Crippen molar-refractivity contribution in [2.75, 3.05) is 0 Å². The summed E-state index contributed by atoms with van der Waals surface area (Å²) in [5.74, 6) is 4.76. The number of hydrogen-bond donors (Lipinski definition) is 2. The molecular weight excluding hydrogens is 192 g/mol. The van der Waals surface area contributed by atoms with Gasteiger partial charge < -0.3 is 10.4 Å². The Hall–Kier alpha value is -1.06. The van der Waals surface area contributed by atoms with Crippen molar-refractivity contribution in [1.82, 2.24) is 0 Å². The fourth-order valence-electron chi connectivity index (χ4n) is 6.13. The van der Waals surface area contributed by atoms with E-state index in [0.717, 1.165) is 35.1 Å². The summed E-state index contributed by atoms with van der Waals surface area (Å²) in [6.45, 7) is 0. The summed E-state index contributed by atoms with van der Waals surface area (Å²) in [5.41, 5.74) is 2.09. The van der Waals surface area contributed by atoms with Gasteiger partial charge in [-0.25, -0.2) is 0 Å². The summed E-state index contributed by atoms with van der Waals surface area (Å²) in [7, 11) is 0. The largest absolute Gasteiger partial charge is 0.411 e. The van der Waals surface area contributed by atoms with E-state index in [-0.39, 0.29) is 0 Å². The van der Waals surface area contributed by atoms with Crippen LogP contribution in [0.1, 0.15) is 6.42 Å². The monoisotopic (exact) mass is 204 g/mol. The highest BCUT2D eigenvalue weighted by atomic mass is 16.4. The van der Waals surface area contributed by atoms with Crippen LogP contribution >= 0.6 is 0 Å². The van der Waals surface area contributed by atoms with E-state index >= 15 is 0 Å². The molecule has 15 heavy (non-hydrogen) atoms. The van der Waals surface area contributed by atoms with Crippen molar-refractivity contribution >= 4 is 11.4 Å². The smallest absolute Gasteiger partial charge is 0.0651 e. The molecule has 78 valence electrons. The number of fused-ring (bicyclic) bond motifs is 2. The average Bonchev–Trinajstić information content (AvgIpc) is 2.73. The minimum absolute atomic E-state index is 0.427. The molecule has 0 unspecified atom stereocenters. The van der Waals surface area contributed by atoms with E-state index in [1.165, 1.54) is 6.42 Å². The van der Waals surface area contributed by atoms with Crippen LogP contribution in [-0.4, -0.2) is 21.8 Å². The first kappa shape index (κ1) is 7.25. The Labute approximate surface area is 86.6 Å². The zero-order valence-electron chi connectivity index (χ0n) is 8.11. The fourth-order valence-corrected chi connectivity index (χ4v) is 6.13. The Morgan fingerprint density at radius 1 is 0.800 bits per heavy atom. The van der Waals surface area contributed by atoms with Crippen molar-refractivity contribution in [1.29, 1.82) is 0 Å². The summed E-state index contributed by atoms with van der Waals surface area (Å²) in [5, 5.41) is 25.4. The molecule has 0 aliphatic heterocycles. The number of oxime groups is 2. The maximum absolute atomic E-state index is 9.13. The molecule has 5 rings (SSSR count). The highest BCUT2D eigenvalue weighted by Gasteiger charge is 2.82.